The molecule has 0 aromatic heterocycles. The first-order chi connectivity index (χ1) is 16.9. The Morgan fingerprint density at radius 3 is 2.17 bits per heavy atom. The average Bonchev–Trinajstić information content (AvgIpc) is 2.85. The Morgan fingerprint density at radius 2 is 1.49 bits per heavy atom. The van der Waals surface area contributed by atoms with E-state index < -0.39 is 6.29 Å². The van der Waals surface area contributed by atoms with Crippen LogP contribution < -0.4 is 4.74 Å². The number of aryl methyl sites for hydroxylation is 1. The summed E-state index contributed by atoms with van der Waals surface area (Å²) in [6.07, 6.45) is 11.3. The van der Waals surface area contributed by atoms with Gasteiger partial charge in [0.1, 0.15) is 12.3 Å². The second-order valence-electron chi connectivity index (χ2n) is 10.4. The summed E-state index contributed by atoms with van der Waals surface area (Å²) < 4.78 is 12.5. The van der Waals surface area contributed by atoms with Gasteiger partial charge in [0.15, 0.2) is 0 Å². The molecule has 4 nitrogen and oxygen atoms in total. The van der Waals surface area contributed by atoms with Gasteiger partial charge in [-0.1, -0.05) is 88.4 Å². The highest BCUT2D eigenvalue weighted by atomic mass is 16.7. The van der Waals surface area contributed by atoms with Crippen LogP contribution in [0.3, 0.4) is 0 Å². The zero-order valence-electron chi connectivity index (χ0n) is 22.6. The fourth-order valence-corrected chi connectivity index (χ4v) is 4.36. The quantitative estimate of drug-likeness (QED) is 0.0945. The Balaban J connectivity index is 1.64. The average molecular weight is 483 g/mol. The lowest BCUT2D eigenvalue weighted by Gasteiger charge is -2.30. The zero-order chi connectivity index (χ0) is 25.4. The molecule has 1 unspecified atom stereocenters. The van der Waals surface area contributed by atoms with Crippen molar-refractivity contribution in [2.24, 2.45) is 0 Å². The standard InChI is InChI=1S/C31H48NO3/c1-5-7-8-9-10-12-17-27-21-23-29(24-22-27)34-31(6-2)35-30(33)20-15-16-25-32(3,4)26-28-18-13-11-14-19-28/h11,13-14,18-19,21-24,31H,5-10,12,15-17,20,25-26H2,1-4H3/q+1. The summed E-state index contributed by atoms with van der Waals surface area (Å²) in [5, 5.41) is 0. The van der Waals surface area contributed by atoms with Crippen molar-refractivity contribution in [2.75, 3.05) is 20.6 Å². The minimum absolute atomic E-state index is 0.176. The van der Waals surface area contributed by atoms with Gasteiger partial charge in [-0.3, -0.25) is 4.79 Å². The molecule has 0 aliphatic heterocycles. The largest absolute Gasteiger partial charge is 0.455 e. The molecule has 0 aliphatic carbocycles. The Bertz CT molecular complexity index is 817. The van der Waals surface area contributed by atoms with Crippen LogP contribution in [0.2, 0.25) is 0 Å². The van der Waals surface area contributed by atoms with Crippen molar-refractivity contribution in [3.63, 3.8) is 0 Å². The van der Waals surface area contributed by atoms with Gasteiger partial charge >= 0.3 is 5.97 Å². The maximum atomic E-state index is 12.4. The van der Waals surface area contributed by atoms with E-state index in [9.17, 15) is 4.79 Å². The number of unbranched alkanes of at least 4 members (excludes halogenated alkanes) is 6. The molecule has 2 aromatic rings. The van der Waals surface area contributed by atoms with Crippen molar-refractivity contribution in [3.8, 4) is 5.75 Å². The van der Waals surface area contributed by atoms with E-state index in [1.807, 2.05) is 19.1 Å². The second-order valence-corrected chi connectivity index (χ2v) is 10.4. The molecule has 0 aliphatic rings. The summed E-state index contributed by atoms with van der Waals surface area (Å²) in [4.78, 5) is 12.4. The molecule has 0 fully saturated rings. The Hall–Kier alpha value is -2.33. The molecule has 0 saturated heterocycles. The van der Waals surface area contributed by atoms with Crippen LogP contribution in [0, 0.1) is 0 Å². The van der Waals surface area contributed by atoms with Crippen molar-refractivity contribution >= 4 is 5.97 Å². The fourth-order valence-electron chi connectivity index (χ4n) is 4.36. The van der Waals surface area contributed by atoms with Gasteiger partial charge in [-0.25, -0.2) is 0 Å². The molecule has 0 heterocycles. The van der Waals surface area contributed by atoms with Crippen molar-refractivity contribution in [1.82, 2.24) is 0 Å². The van der Waals surface area contributed by atoms with Gasteiger partial charge in [0, 0.05) is 18.4 Å². The fraction of sp³-hybridized carbons (Fsp3) is 0.581. The van der Waals surface area contributed by atoms with Crippen LogP contribution in [0.1, 0.15) is 89.2 Å². The highest BCUT2D eigenvalue weighted by Crippen LogP contribution is 2.18. The lowest BCUT2D eigenvalue weighted by atomic mass is 10.0. The van der Waals surface area contributed by atoms with E-state index in [0.29, 0.717) is 12.8 Å². The number of quaternary nitrogens is 1. The molecule has 4 heteroatoms. The van der Waals surface area contributed by atoms with E-state index in [-0.39, 0.29) is 5.97 Å². The molecule has 0 saturated carbocycles. The van der Waals surface area contributed by atoms with Crippen LogP contribution in [0.25, 0.3) is 0 Å². The smallest absolute Gasteiger partial charge is 0.308 e. The number of ether oxygens (including phenoxy) is 2. The van der Waals surface area contributed by atoms with Crippen LogP contribution in [0.5, 0.6) is 5.75 Å². The first-order valence-electron chi connectivity index (χ1n) is 13.7. The molecule has 2 rings (SSSR count). The highest BCUT2D eigenvalue weighted by Gasteiger charge is 2.17. The van der Waals surface area contributed by atoms with Gasteiger partial charge < -0.3 is 14.0 Å². The third-order valence-electron chi connectivity index (χ3n) is 6.45. The van der Waals surface area contributed by atoms with Crippen LogP contribution in [-0.4, -0.2) is 37.4 Å². The molecule has 0 N–H and O–H groups in total. The number of hydrogen-bond donors (Lipinski definition) is 0. The third kappa shape index (κ3) is 12.8. The zero-order valence-corrected chi connectivity index (χ0v) is 22.6. The number of carbonyl (C=O) groups is 1. The van der Waals surface area contributed by atoms with Crippen molar-refractivity contribution < 1.29 is 18.8 Å². The minimum atomic E-state index is -0.530. The van der Waals surface area contributed by atoms with Gasteiger partial charge in [0.2, 0.25) is 6.29 Å². The van der Waals surface area contributed by atoms with Crippen LogP contribution >= 0.6 is 0 Å². The first-order valence-corrected chi connectivity index (χ1v) is 13.7. The summed E-state index contributed by atoms with van der Waals surface area (Å²) in [5.41, 5.74) is 2.68. The number of carbonyl (C=O) groups excluding carboxylic acids is 1. The number of benzene rings is 2. The Morgan fingerprint density at radius 1 is 0.800 bits per heavy atom. The minimum Gasteiger partial charge on any atom is -0.455 e. The predicted octanol–water partition coefficient (Wildman–Crippen LogP) is 7.69. The van der Waals surface area contributed by atoms with Gasteiger partial charge in [-0.15, -0.1) is 0 Å². The van der Waals surface area contributed by atoms with Gasteiger partial charge in [-0.2, -0.15) is 0 Å². The van der Waals surface area contributed by atoms with E-state index in [2.05, 4.69) is 63.5 Å². The number of esters is 1. The van der Waals surface area contributed by atoms with E-state index in [1.165, 1.54) is 49.7 Å². The van der Waals surface area contributed by atoms with Crippen LogP contribution in [-0.2, 0) is 22.5 Å². The summed E-state index contributed by atoms with van der Waals surface area (Å²) >= 11 is 0. The molecular weight excluding hydrogens is 434 g/mol. The Labute approximate surface area is 214 Å². The summed E-state index contributed by atoms with van der Waals surface area (Å²) in [6.45, 7) is 6.26. The van der Waals surface area contributed by atoms with Crippen LogP contribution in [0.4, 0.5) is 0 Å². The molecule has 35 heavy (non-hydrogen) atoms. The molecule has 1 atom stereocenters. The summed E-state index contributed by atoms with van der Waals surface area (Å²) in [6, 6.07) is 18.8. The van der Waals surface area contributed by atoms with Gasteiger partial charge in [-0.05, 0) is 43.4 Å². The maximum Gasteiger partial charge on any atom is 0.308 e. The van der Waals surface area contributed by atoms with Crippen molar-refractivity contribution in [3.05, 3.63) is 65.7 Å². The third-order valence-corrected chi connectivity index (χ3v) is 6.45. The van der Waals surface area contributed by atoms with Gasteiger partial charge in [0.05, 0.1) is 20.6 Å². The SMILES string of the molecule is CCCCCCCCc1ccc(OC(CC)OC(=O)CCCC[N+](C)(C)Cc2ccccc2)cc1. The summed E-state index contributed by atoms with van der Waals surface area (Å²) in [7, 11) is 4.48. The summed E-state index contributed by atoms with van der Waals surface area (Å²) in [5.74, 6) is 0.584. The highest BCUT2D eigenvalue weighted by molar-refractivity contribution is 5.69. The maximum absolute atomic E-state index is 12.4. The number of rotatable bonds is 18. The van der Waals surface area contributed by atoms with E-state index in [4.69, 9.17) is 9.47 Å². The molecule has 2 aromatic carbocycles. The lowest BCUT2D eigenvalue weighted by molar-refractivity contribution is -0.903. The monoisotopic (exact) mass is 482 g/mol. The van der Waals surface area contributed by atoms with Crippen molar-refractivity contribution in [1.29, 1.82) is 0 Å². The molecule has 194 valence electrons. The normalized spacial score (nSPS) is 12.3. The topological polar surface area (TPSA) is 35.5 Å². The predicted molar refractivity (Wildman–Crippen MR) is 145 cm³/mol. The van der Waals surface area contributed by atoms with E-state index >= 15 is 0 Å². The number of nitrogens with zero attached hydrogens (tertiary/aromatic N) is 1. The second kappa shape index (κ2) is 16.4. The molecular formula is C31H48NO3+. The first kappa shape index (κ1) is 28.9. The van der Waals surface area contributed by atoms with E-state index in [1.54, 1.807) is 0 Å². The molecule has 0 spiro atoms. The molecule has 0 bridgehead atoms. The van der Waals surface area contributed by atoms with Gasteiger partial charge in [0.25, 0.3) is 0 Å². The number of hydrogen-bond acceptors (Lipinski definition) is 3. The molecule has 0 radical (unpaired) electrons. The molecule has 0 amide bonds. The van der Waals surface area contributed by atoms with E-state index in [0.717, 1.165) is 42.6 Å². The van der Waals surface area contributed by atoms with Crippen molar-refractivity contribution in [2.45, 2.75) is 97.3 Å². The lowest BCUT2D eigenvalue weighted by Crippen LogP contribution is -2.39. The Kier molecular flexibility index (Phi) is 13.5. The van der Waals surface area contributed by atoms with Crippen LogP contribution in [0.15, 0.2) is 54.6 Å².